The number of benzene rings is 2. The lowest BCUT2D eigenvalue weighted by Gasteiger charge is -2.34. The highest BCUT2D eigenvalue weighted by Gasteiger charge is 2.31. The van der Waals surface area contributed by atoms with E-state index < -0.39 is 15.7 Å². The molecule has 0 aromatic heterocycles. The van der Waals surface area contributed by atoms with Crippen molar-refractivity contribution >= 4 is 10.1 Å². The van der Waals surface area contributed by atoms with Crippen LogP contribution in [0, 0.1) is 12.8 Å². The van der Waals surface area contributed by atoms with Crippen molar-refractivity contribution in [3.05, 3.63) is 64.7 Å². The Morgan fingerprint density at radius 1 is 0.969 bits per heavy atom. The van der Waals surface area contributed by atoms with E-state index in [0.29, 0.717) is 11.7 Å². The van der Waals surface area contributed by atoms with Crippen molar-refractivity contribution in [2.45, 2.75) is 84.7 Å². The molecule has 0 saturated heterocycles. The van der Waals surface area contributed by atoms with Gasteiger partial charge in [0.05, 0.1) is 11.9 Å². The Bertz CT molecular complexity index is 987. The normalized spacial score (nSPS) is 15.2. The van der Waals surface area contributed by atoms with E-state index in [0.717, 1.165) is 43.9 Å². The molecule has 0 radical (unpaired) electrons. The molecular formula is C27H40O4S. The fourth-order valence-electron chi connectivity index (χ4n) is 4.80. The Morgan fingerprint density at radius 2 is 1.53 bits per heavy atom. The van der Waals surface area contributed by atoms with Gasteiger partial charge in [0.15, 0.2) is 0 Å². The summed E-state index contributed by atoms with van der Waals surface area (Å²) >= 11 is 0. The quantitative estimate of drug-likeness (QED) is 0.407. The van der Waals surface area contributed by atoms with Gasteiger partial charge < -0.3 is 9.29 Å². The highest BCUT2D eigenvalue weighted by atomic mass is 32.2. The van der Waals surface area contributed by atoms with Gasteiger partial charge in [-0.3, -0.25) is 0 Å². The van der Waals surface area contributed by atoms with Crippen molar-refractivity contribution in [1.29, 1.82) is 0 Å². The van der Waals surface area contributed by atoms with Crippen molar-refractivity contribution in [3.8, 4) is 5.75 Å². The van der Waals surface area contributed by atoms with Crippen LogP contribution in [0.25, 0.3) is 0 Å². The summed E-state index contributed by atoms with van der Waals surface area (Å²) in [5.74, 6) is 0.736. The number of aliphatic hydroxyl groups is 1. The van der Waals surface area contributed by atoms with Crippen molar-refractivity contribution in [3.63, 3.8) is 0 Å². The van der Waals surface area contributed by atoms with E-state index in [1.54, 1.807) is 12.1 Å². The third kappa shape index (κ3) is 6.58. The molecule has 2 aromatic rings. The van der Waals surface area contributed by atoms with E-state index in [9.17, 15) is 13.5 Å². The first kappa shape index (κ1) is 26.4. The second kappa shape index (κ2) is 10.4. The van der Waals surface area contributed by atoms with Gasteiger partial charge in [-0.15, -0.1) is 0 Å². The van der Waals surface area contributed by atoms with Crippen molar-refractivity contribution in [1.82, 2.24) is 0 Å². The SMILES string of the molecule is CCC(C)(O)CC(C)Cc1ccc(C(CC)(CC)c2ccc(OS(C)(=O)=O)cc2)cc1C. The van der Waals surface area contributed by atoms with Crippen LogP contribution in [0.4, 0.5) is 0 Å². The van der Waals surface area contributed by atoms with Crippen LogP contribution in [0.2, 0.25) is 0 Å². The third-order valence-corrected chi connectivity index (χ3v) is 7.37. The van der Waals surface area contributed by atoms with Crippen LogP contribution in [0.5, 0.6) is 5.75 Å². The number of hydrogen-bond acceptors (Lipinski definition) is 4. The van der Waals surface area contributed by atoms with Gasteiger partial charge in [-0.2, -0.15) is 8.42 Å². The van der Waals surface area contributed by atoms with E-state index in [1.165, 1.54) is 16.7 Å². The molecule has 178 valence electrons. The standard InChI is InChI=1S/C27H40O4S/c1-8-26(6,28)19-20(4)17-22-11-12-24(18-21(22)5)27(9-2,10-3)23-13-15-25(16-14-23)31-32(7,29)30/h11-16,18,20,28H,8-10,17,19H2,1-7H3. The van der Waals surface area contributed by atoms with Crippen LogP contribution >= 0.6 is 0 Å². The summed E-state index contributed by atoms with van der Waals surface area (Å²) < 4.78 is 27.9. The molecule has 2 rings (SSSR count). The van der Waals surface area contributed by atoms with E-state index in [1.807, 2.05) is 26.0 Å². The fraction of sp³-hybridized carbons (Fsp3) is 0.556. The summed E-state index contributed by atoms with van der Waals surface area (Å²) in [5, 5.41) is 10.4. The molecule has 2 atom stereocenters. The molecule has 4 nitrogen and oxygen atoms in total. The third-order valence-electron chi connectivity index (χ3n) is 6.88. The van der Waals surface area contributed by atoms with Gasteiger partial charge in [-0.1, -0.05) is 58.0 Å². The average molecular weight is 461 g/mol. The lowest BCUT2D eigenvalue weighted by molar-refractivity contribution is 0.0324. The van der Waals surface area contributed by atoms with Crippen molar-refractivity contribution in [2.24, 2.45) is 5.92 Å². The highest BCUT2D eigenvalue weighted by Crippen LogP contribution is 2.40. The molecule has 0 bridgehead atoms. The molecular weight excluding hydrogens is 420 g/mol. The summed E-state index contributed by atoms with van der Waals surface area (Å²) in [4.78, 5) is 0. The van der Waals surface area contributed by atoms with Crippen LogP contribution in [-0.2, 0) is 22.0 Å². The largest absolute Gasteiger partial charge is 0.390 e. The first-order valence-corrected chi connectivity index (χ1v) is 13.5. The molecule has 0 heterocycles. The van der Waals surface area contributed by atoms with Gasteiger partial charge in [0, 0.05) is 5.41 Å². The van der Waals surface area contributed by atoms with Crippen LogP contribution in [0.15, 0.2) is 42.5 Å². The summed E-state index contributed by atoms with van der Waals surface area (Å²) in [6, 6.07) is 14.2. The number of hydrogen-bond donors (Lipinski definition) is 1. The Hall–Kier alpha value is -1.85. The van der Waals surface area contributed by atoms with Crippen LogP contribution in [0.1, 0.15) is 82.6 Å². The first-order valence-electron chi connectivity index (χ1n) is 11.7. The highest BCUT2D eigenvalue weighted by molar-refractivity contribution is 7.86. The zero-order valence-corrected chi connectivity index (χ0v) is 21.6. The van der Waals surface area contributed by atoms with E-state index in [2.05, 4.69) is 45.9 Å². The number of aryl methyl sites for hydroxylation is 1. The van der Waals surface area contributed by atoms with Crippen LogP contribution in [0.3, 0.4) is 0 Å². The molecule has 0 fully saturated rings. The second-order valence-corrected chi connectivity index (χ2v) is 11.2. The fourth-order valence-corrected chi connectivity index (χ4v) is 5.26. The Kier molecular flexibility index (Phi) is 8.57. The lowest BCUT2D eigenvalue weighted by Crippen LogP contribution is -2.27. The second-order valence-electron chi connectivity index (χ2n) is 9.61. The molecule has 2 aromatic carbocycles. The minimum atomic E-state index is -3.54. The molecule has 0 aliphatic rings. The zero-order valence-electron chi connectivity index (χ0n) is 20.7. The topological polar surface area (TPSA) is 63.6 Å². The molecule has 32 heavy (non-hydrogen) atoms. The maximum absolute atomic E-state index is 11.4. The Morgan fingerprint density at radius 3 is 2.00 bits per heavy atom. The lowest BCUT2D eigenvalue weighted by atomic mass is 9.70. The van der Waals surface area contributed by atoms with Gasteiger partial charge in [-0.25, -0.2) is 0 Å². The van der Waals surface area contributed by atoms with Crippen LogP contribution in [-0.4, -0.2) is 25.4 Å². The summed E-state index contributed by atoms with van der Waals surface area (Å²) in [7, 11) is -3.54. The average Bonchev–Trinajstić information content (AvgIpc) is 2.71. The maximum Gasteiger partial charge on any atom is 0.306 e. The zero-order chi connectivity index (χ0) is 24.2. The molecule has 5 heteroatoms. The molecule has 1 N–H and O–H groups in total. The molecule has 0 aliphatic carbocycles. The van der Waals surface area contributed by atoms with Gasteiger partial charge in [0.1, 0.15) is 5.75 Å². The Balaban J connectivity index is 2.33. The molecule has 2 unspecified atom stereocenters. The molecule has 0 saturated carbocycles. The molecule has 0 amide bonds. The van der Waals surface area contributed by atoms with Gasteiger partial charge in [0.25, 0.3) is 0 Å². The van der Waals surface area contributed by atoms with Gasteiger partial charge in [-0.05, 0) is 86.3 Å². The molecule has 0 aliphatic heterocycles. The summed E-state index contributed by atoms with van der Waals surface area (Å²) in [6.45, 7) is 12.7. The van der Waals surface area contributed by atoms with E-state index >= 15 is 0 Å². The van der Waals surface area contributed by atoms with Gasteiger partial charge >= 0.3 is 10.1 Å². The first-order chi connectivity index (χ1) is 14.9. The van der Waals surface area contributed by atoms with E-state index in [4.69, 9.17) is 4.18 Å². The van der Waals surface area contributed by atoms with Crippen LogP contribution < -0.4 is 4.18 Å². The predicted molar refractivity (Wildman–Crippen MR) is 133 cm³/mol. The van der Waals surface area contributed by atoms with Crippen molar-refractivity contribution < 1.29 is 17.7 Å². The number of rotatable bonds is 11. The maximum atomic E-state index is 11.4. The molecule has 0 spiro atoms. The summed E-state index contributed by atoms with van der Waals surface area (Å²) in [5.41, 5.74) is 4.26. The smallest absolute Gasteiger partial charge is 0.306 e. The van der Waals surface area contributed by atoms with Crippen molar-refractivity contribution in [2.75, 3.05) is 6.26 Å². The summed E-state index contributed by atoms with van der Waals surface area (Å²) in [6.07, 6.45) is 5.43. The predicted octanol–water partition coefficient (Wildman–Crippen LogP) is 6.17. The Labute approximate surface area is 195 Å². The van der Waals surface area contributed by atoms with E-state index in [-0.39, 0.29) is 5.41 Å². The van der Waals surface area contributed by atoms with Gasteiger partial charge in [0.2, 0.25) is 0 Å². The minimum absolute atomic E-state index is 0.148. The minimum Gasteiger partial charge on any atom is -0.390 e. The monoisotopic (exact) mass is 460 g/mol.